The number of carbonyl (C=O) groups excluding carboxylic acids is 1. The quantitative estimate of drug-likeness (QED) is 0.681. The fraction of sp³-hybridized carbons (Fsp3) is 0.294. The third-order valence-electron chi connectivity index (χ3n) is 3.72. The summed E-state index contributed by atoms with van der Waals surface area (Å²) >= 11 is 0. The van der Waals surface area contributed by atoms with E-state index in [1.807, 2.05) is 12.1 Å². The summed E-state index contributed by atoms with van der Waals surface area (Å²) in [6, 6.07) is 10.7. The highest BCUT2D eigenvalue weighted by atomic mass is 16.5. The van der Waals surface area contributed by atoms with Crippen molar-refractivity contribution in [2.24, 2.45) is 5.10 Å². The molecule has 1 N–H and O–H groups in total. The summed E-state index contributed by atoms with van der Waals surface area (Å²) in [5, 5.41) is 3.94. The lowest BCUT2D eigenvalue weighted by molar-refractivity contribution is 0.0955. The number of furan rings is 1. The van der Waals surface area contributed by atoms with E-state index in [1.54, 1.807) is 31.4 Å². The first-order valence-corrected chi connectivity index (χ1v) is 7.58. The number of hydrogen-bond acceptors (Lipinski definition) is 5. The summed E-state index contributed by atoms with van der Waals surface area (Å²) < 4.78 is 10.8. The van der Waals surface area contributed by atoms with E-state index in [-0.39, 0.29) is 5.91 Å². The van der Waals surface area contributed by atoms with Crippen molar-refractivity contribution in [2.45, 2.75) is 12.8 Å². The van der Waals surface area contributed by atoms with Crippen LogP contribution >= 0.6 is 0 Å². The number of ether oxygens (including phenoxy) is 1. The standard InChI is InChI=1S/C17H19N3O3/c1-22-14-6-4-5-13(11-14)17(21)19-18-12-15-7-8-16(23-15)20-9-2-3-10-20/h4-8,11-12H,2-3,9-10H2,1H3,(H,19,21)/b18-12-. The van der Waals surface area contributed by atoms with Gasteiger partial charge in [0.05, 0.1) is 13.3 Å². The molecule has 0 saturated carbocycles. The van der Waals surface area contributed by atoms with E-state index in [9.17, 15) is 4.79 Å². The highest BCUT2D eigenvalue weighted by Crippen LogP contribution is 2.22. The molecule has 120 valence electrons. The zero-order valence-corrected chi connectivity index (χ0v) is 13.0. The van der Waals surface area contributed by atoms with Gasteiger partial charge in [0, 0.05) is 24.7 Å². The minimum Gasteiger partial charge on any atom is -0.497 e. The Balaban J connectivity index is 1.58. The third-order valence-corrected chi connectivity index (χ3v) is 3.72. The molecule has 1 aliphatic heterocycles. The Morgan fingerprint density at radius 3 is 2.91 bits per heavy atom. The maximum atomic E-state index is 12.0. The number of methoxy groups -OCH3 is 1. The van der Waals surface area contributed by atoms with E-state index in [0.717, 1.165) is 19.0 Å². The molecule has 0 radical (unpaired) electrons. The second-order valence-corrected chi connectivity index (χ2v) is 5.30. The molecule has 1 amide bonds. The fourth-order valence-corrected chi connectivity index (χ4v) is 2.50. The topological polar surface area (TPSA) is 67.1 Å². The number of nitrogens with zero attached hydrogens (tertiary/aromatic N) is 2. The van der Waals surface area contributed by atoms with Gasteiger partial charge in [-0.25, -0.2) is 5.43 Å². The van der Waals surface area contributed by atoms with Gasteiger partial charge in [-0.1, -0.05) is 6.07 Å². The van der Waals surface area contributed by atoms with Gasteiger partial charge >= 0.3 is 0 Å². The fourth-order valence-electron chi connectivity index (χ4n) is 2.50. The maximum Gasteiger partial charge on any atom is 0.271 e. The molecule has 1 aromatic carbocycles. The van der Waals surface area contributed by atoms with Crippen LogP contribution in [0.1, 0.15) is 29.0 Å². The van der Waals surface area contributed by atoms with Crippen molar-refractivity contribution in [3.05, 3.63) is 47.7 Å². The van der Waals surface area contributed by atoms with Crippen LogP contribution in [0.15, 0.2) is 45.9 Å². The Labute approximate surface area is 134 Å². The molecule has 1 aromatic heterocycles. The average molecular weight is 313 g/mol. The van der Waals surface area contributed by atoms with E-state index in [1.165, 1.54) is 19.1 Å². The van der Waals surface area contributed by atoms with Crippen LogP contribution in [0.25, 0.3) is 0 Å². The summed E-state index contributed by atoms with van der Waals surface area (Å²) in [5.74, 6) is 1.79. The van der Waals surface area contributed by atoms with Gasteiger partial charge in [-0.05, 0) is 37.1 Å². The molecule has 3 rings (SSSR count). The zero-order valence-electron chi connectivity index (χ0n) is 13.0. The van der Waals surface area contributed by atoms with Crippen molar-refractivity contribution in [3.63, 3.8) is 0 Å². The molecule has 0 aliphatic carbocycles. The Hall–Kier alpha value is -2.76. The molecule has 6 heteroatoms. The van der Waals surface area contributed by atoms with E-state index >= 15 is 0 Å². The number of amides is 1. The molecule has 1 aliphatic rings. The number of carbonyl (C=O) groups is 1. The first kappa shape index (κ1) is 15.1. The molecule has 1 saturated heterocycles. The number of hydrogen-bond donors (Lipinski definition) is 1. The molecule has 0 bridgehead atoms. The lowest BCUT2D eigenvalue weighted by atomic mass is 10.2. The van der Waals surface area contributed by atoms with E-state index in [2.05, 4.69) is 15.4 Å². The summed E-state index contributed by atoms with van der Waals surface area (Å²) in [6.07, 6.45) is 3.89. The minimum absolute atomic E-state index is 0.300. The lowest BCUT2D eigenvalue weighted by Gasteiger charge is -2.12. The van der Waals surface area contributed by atoms with Crippen LogP contribution in [-0.4, -0.2) is 32.3 Å². The van der Waals surface area contributed by atoms with Crippen LogP contribution in [0.4, 0.5) is 5.88 Å². The van der Waals surface area contributed by atoms with Crippen molar-refractivity contribution in [3.8, 4) is 5.75 Å². The first-order chi connectivity index (χ1) is 11.3. The SMILES string of the molecule is COc1cccc(C(=O)N/N=C\c2ccc(N3CCCC3)o2)c1. The number of anilines is 1. The van der Waals surface area contributed by atoms with Gasteiger partial charge < -0.3 is 14.1 Å². The molecule has 0 spiro atoms. The molecule has 1 fully saturated rings. The zero-order chi connectivity index (χ0) is 16.1. The molecule has 0 atom stereocenters. The minimum atomic E-state index is -0.300. The van der Waals surface area contributed by atoms with E-state index in [0.29, 0.717) is 17.1 Å². The smallest absolute Gasteiger partial charge is 0.271 e. The lowest BCUT2D eigenvalue weighted by Crippen LogP contribution is -2.17. The van der Waals surface area contributed by atoms with Gasteiger partial charge in [0.15, 0.2) is 5.88 Å². The van der Waals surface area contributed by atoms with Crippen molar-refractivity contribution in [1.82, 2.24) is 5.43 Å². The van der Waals surface area contributed by atoms with Crippen molar-refractivity contribution >= 4 is 18.0 Å². The first-order valence-electron chi connectivity index (χ1n) is 7.58. The monoisotopic (exact) mass is 313 g/mol. The van der Waals surface area contributed by atoms with Crippen LogP contribution < -0.4 is 15.1 Å². The summed E-state index contributed by atoms with van der Waals surface area (Å²) in [6.45, 7) is 2.05. The van der Waals surface area contributed by atoms with E-state index < -0.39 is 0 Å². The van der Waals surface area contributed by atoms with Gasteiger partial charge in [0.2, 0.25) is 0 Å². The predicted molar refractivity (Wildman–Crippen MR) is 88.2 cm³/mol. The van der Waals surface area contributed by atoms with Crippen molar-refractivity contribution in [1.29, 1.82) is 0 Å². The van der Waals surface area contributed by atoms with Gasteiger partial charge in [0.25, 0.3) is 5.91 Å². The maximum absolute atomic E-state index is 12.0. The normalized spacial score (nSPS) is 14.4. The largest absolute Gasteiger partial charge is 0.497 e. The summed E-state index contributed by atoms with van der Waals surface area (Å²) in [5.41, 5.74) is 2.96. The second kappa shape index (κ2) is 7.00. The van der Waals surface area contributed by atoms with Crippen molar-refractivity contribution < 1.29 is 13.9 Å². The molecule has 2 heterocycles. The van der Waals surface area contributed by atoms with Gasteiger partial charge in [-0.15, -0.1) is 0 Å². The van der Waals surface area contributed by atoms with E-state index in [4.69, 9.17) is 9.15 Å². The Kier molecular flexibility index (Phi) is 4.61. The van der Waals surface area contributed by atoms with Gasteiger partial charge in [-0.2, -0.15) is 5.10 Å². The van der Waals surface area contributed by atoms with Crippen LogP contribution in [0, 0.1) is 0 Å². The second-order valence-electron chi connectivity index (χ2n) is 5.30. The van der Waals surface area contributed by atoms with Crippen molar-refractivity contribution in [2.75, 3.05) is 25.1 Å². The molecule has 0 unspecified atom stereocenters. The molecule has 23 heavy (non-hydrogen) atoms. The number of hydrazone groups is 1. The molecule has 6 nitrogen and oxygen atoms in total. The molecular weight excluding hydrogens is 294 g/mol. The van der Waals surface area contributed by atoms with Crippen LogP contribution in [-0.2, 0) is 0 Å². The Bertz CT molecular complexity index is 703. The average Bonchev–Trinajstić information content (AvgIpc) is 3.26. The third kappa shape index (κ3) is 3.71. The highest BCUT2D eigenvalue weighted by Gasteiger charge is 2.15. The molecular formula is C17H19N3O3. The summed E-state index contributed by atoms with van der Waals surface area (Å²) in [7, 11) is 1.56. The number of benzene rings is 1. The number of rotatable bonds is 5. The Morgan fingerprint density at radius 2 is 2.13 bits per heavy atom. The summed E-state index contributed by atoms with van der Waals surface area (Å²) in [4.78, 5) is 14.2. The Morgan fingerprint density at radius 1 is 1.30 bits per heavy atom. The van der Waals surface area contributed by atoms with Crippen LogP contribution in [0.5, 0.6) is 5.75 Å². The highest BCUT2D eigenvalue weighted by molar-refractivity contribution is 5.95. The predicted octanol–water partition coefficient (Wildman–Crippen LogP) is 2.65. The van der Waals surface area contributed by atoms with Crippen LogP contribution in [0.3, 0.4) is 0 Å². The van der Waals surface area contributed by atoms with Gasteiger partial charge in [0.1, 0.15) is 11.5 Å². The number of nitrogens with one attached hydrogen (secondary N) is 1. The van der Waals surface area contributed by atoms with Gasteiger partial charge in [-0.3, -0.25) is 4.79 Å². The van der Waals surface area contributed by atoms with Crippen LogP contribution in [0.2, 0.25) is 0 Å². The molecule has 2 aromatic rings.